The lowest BCUT2D eigenvalue weighted by atomic mass is 9.77. The van der Waals surface area contributed by atoms with Crippen LogP contribution in [0.2, 0.25) is 5.02 Å². The summed E-state index contributed by atoms with van der Waals surface area (Å²) in [6.07, 6.45) is 1.47. The SMILES string of the molecule is CC(CCNC(=O)CN)(CCOC(=O)Nc1cc2cc(F)ccc2cn1)C(=O)CCc1cccc(F)c1Cl. The second-order valence-corrected chi connectivity index (χ2v) is 9.45. The standard InChI is InChI=1S/C27H29ClF2N4O4/c1-27(9-11-32-24(36)15-31,22(35)8-6-17-3-2-4-21(30)25(17)28)10-12-38-26(37)34-23-14-19-13-20(29)7-5-18(19)16-33-23/h2-5,7,13-14,16H,6,8-12,15,31H2,1H3,(H,32,36)(H,33,34,37). The number of amides is 2. The minimum Gasteiger partial charge on any atom is -0.449 e. The van der Waals surface area contributed by atoms with Crippen molar-refractivity contribution in [1.82, 2.24) is 10.3 Å². The molecule has 1 aromatic heterocycles. The van der Waals surface area contributed by atoms with Gasteiger partial charge in [0, 0.05) is 30.0 Å². The maximum atomic E-state index is 13.8. The Morgan fingerprint density at radius 1 is 1.11 bits per heavy atom. The van der Waals surface area contributed by atoms with Gasteiger partial charge in [0.1, 0.15) is 23.2 Å². The van der Waals surface area contributed by atoms with E-state index in [0.29, 0.717) is 16.3 Å². The molecular formula is C27H29ClF2N4O4. The zero-order valence-electron chi connectivity index (χ0n) is 20.9. The zero-order chi connectivity index (χ0) is 27.7. The Bertz CT molecular complexity index is 1320. The number of aryl methyl sites for hydroxylation is 1. The number of ketones is 1. The number of hydrogen-bond donors (Lipinski definition) is 3. The molecule has 0 radical (unpaired) electrons. The molecule has 11 heteroatoms. The molecule has 1 atom stereocenters. The molecule has 2 amide bonds. The Morgan fingerprint density at radius 3 is 2.66 bits per heavy atom. The van der Waals surface area contributed by atoms with Gasteiger partial charge in [0.15, 0.2) is 0 Å². The molecule has 1 unspecified atom stereocenters. The van der Waals surface area contributed by atoms with Crippen molar-refractivity contribution in [2.45, 2.75) is 32.6 Å². The summed E-state index contributed by atoms with van der Waals surface area (Å²) in [4.78, 5) is 41.2. The number of fused-ring (bicyclic) bond motifs is 1. The molecule has 1 heterocycles. The van der Waals surface area contributed by atoms with Gasteiger partial charge in [-0.25, -0.2) is 18.6 Å². The number of nitrogens with two attached hydrogens (primary N) is 1. The minimum atomic E-state index is -0.958. The third-order valence-electron chi connectivity index (χ3n) is 6.31. The third-order valence-corrected chi connectivity index (χ3v) is 6.73. The first-order valence-corrected chi connectivity index (χ1v) is 12.4. The van der Waals surface area contributed by atoms with Crippen molar-refractivity contribution < 1.29 is 27.9 Å². The summed E-state index contributed by atoms with van der Waals surface area (Å²) in [7, 11) is 0. The maximum absolute atomic E-state index is 13.8. The van der Waals surface area contributed by atoms with Gasteiger partial charge in [0.25, 0.3) is 0 Å². The van der Waals surface area contributed by atoms with Crippen molar-refractivity contribution in [3.05, 3.63) is 70.9 Å². The van der Waals surface area contributed by atoms with Gasteiger partial charge in [-0.15, -0.1) is 0 Å². The number of nitrogens with zero attached hydrogens (tertiary/aromatic N) is 1. The molecule has 0 aliphatic rings. The number of aromatic nitrogens is 1. The molecular weight excluding hydrogens is 518 g/mol. The normalized spacial score (nSPS) is 12.6. The Morgan fingerprint density at radius 2 is 1.89 bits per heavy atom. The summed E-state index contributed by atoms with van der Waals surface area (Å²) < 4.78 is 32.5. The Balaban J connectivity index is 1.60. The van der Waals surface area contributed by atoms with E-state index in [1.165, 1.54) is 36.5 Å². The van der Waals surface area contributed by atoms with Gasteiger partial charge < -0.3 is 15.8 Å². The second-order valence-electron chi connectivity index (χ2n) is 9.07. The van der Waals surface area contributed by atoms with E-state index in [0.717, 1.165) is 0 Å². The van der Waals surface area contributed by atoms with E-state index in [2.05, 4.69) is 15.6 Å². The third kappa shape index (κ3) is 7.93. The first-order valence-electron chi connectivity index (χ1n) is 12.0. The molecule has 8 nitrogen and oxygen atoms in total. The van der Waals surface area contributed by atoms with Gasteiger partial charge in [-0.05, 0) is 60.5 Å². The summed E-state index contributed by atoms with van der Waals surface area (Å²) in [5.41, 5.74) is 4.88. The fraction of sp³-hybridized carbons (Fsp3) is 0.333. The summed E-state index contributed by atoms with van der Waals surface area (Å²) in [5.74, 6) is -1.30. The molecule has 0 fully saturated rings. The Kier molecular flexibility index (Phi) is 10.1. The Hall–Kier alpha value is -3.63. The number of benzene rings is 2. The number of ether oxygens (including phenoxy) is 1. The summed E-state index contributed by atoms with van der Waals surface area (Å²) in [6, 6.07) is 10.2. The number of halogens is 3. The van der Waals surface area contributed by atoms with Crippen molar-refractivity contribution in [3.8, 4) is 0 Å². The number of rotatable bonds is 12. The molecule has 0 saturated carbocycles. The number of hydrogen-bond acceptors (Lipinski definition) is 6. The molecule has 3 aromatic rings. The summed E-state index contributed by atoms with van der Waals surface area (Å²) >= 11 is 6.02. The monoisotopic (exact) mass is 546 g/mol. The molecule has 3 rings (SSSR count). The van der Waals surface area contributed by atoms with E-state index >= 15 is 0 Å². The zero-order valence-corrected chi connectivity index (χ0v) is 21.6. The van der Waals surface area contributed by atoms with E-state index in [4.69, 9.17) is 22.1 Å². The van der Waals surface area contributed by atoms with Gasteiger partial charge in [0.2, 0.25) is 5.91 Å². The number of anilines is 1. The van der Waals surface area contributed by atoms with Crippen LogP contribution in [0.4, 0.5) is 19.4 Å². The molecule has 0 aliphatic carbocycles. The predicted octanol–water partition coefficient (Wildman–Crippen LogP) is 4.78. The number of Topliss-reactive ketones (excluding diaryl/α,β-unsaturated/α-hetero) is 1. The van der Waals surface area contributed by atoms with Crippen LogP contribution < -0.4 is 16.4 Å². The maximum Gasteiger partial charge on any atom is 0.412 e. The molecule has 0 bridgehead atoms. The van der Waals surface area contributed by atoms with Crippen LogP contribution in [0.3, 0.4) is 0 Å². The van der Waals surface area contributed by atoms with Crippen LogP contribution in [0.15, 0.2) is 48.7 Å². The molecule has 38 heavy (non-hydrogen) atoms. The van der Waals surface area contributed by atoms with Crippen molar-refractivity contribution >= 4 is 46.0 Å². The van der Waals surface area contributed by atoms with Crippen LogP contribution in [0.25, 0.3) is 10.8 Å². The highest BCUT2D eigenvalue weighted by atomic mass is 35.5. The van der Waals surface area contributed by atoms with Gasteiger partial charge in [-0.1, -0.05) is 30.7 Å². The van der Waals surface area contributed by atoms with Gasteiger partial charge in [-0.2, -0.15) is 0 Å². The van der Waals surface area contributed by atoms with Crippen LogP contribution >= 0.6 is 11.6 Å². The fourth-order valence-corrected chi connectivity index (χ4v) is 4.16. The van der Waals surface area contributed by atoms with Crippen LogP contribution in [0.5, 0.6) is 0 Å². The largest absolute Gasteiger partial charge is 0.449 e. The van der Waals surface area contributed by atoms with Crippen LogP contribution in [-0.2, 0) is 20.7 Å². The highest BCUT2D eigenvalue weighted by molar-refractivity contribution is 6.31. The number of carbonyl (C=O) groups excluding carboxylic acids is 3. The number of nitrogens with one attached hydrogen (secondary N) is 2. The predicted molar refractivity (Wildman–Crippen MR) is 141 cm³/mol. The molecule has 2 aromatic carbocycles. The molecule has 0 spiro atoms. The average molecular weight is 547 g/mol. The quantitative estimate of drug-likeness (QED) is 0.300. The topological polar surface area (TPSA) is 123 Å². The van der Waals surface area contributed by atoms with E-state index in [-0.39, 0.29) is 67.9 Å². The molecule has 202 valence electrons. The van der Waals surface area contributed by atoms with E-state index in [1.807, 2.05) is 0 Å². The number of carbonyl (C=O) groups is 3. The van der Waals surface area contributed by atoms with Gasteiger partial charge in [0.05, 0.1) is 18.2 Å². The van der Waals surface area contributed by atoms with E-state index in [1.54, 1.807) is 19.1 Å². The molecule has 0 saturated heterocycles. The highest BCUT2D eigenvalue weighted by Crippen LogP contribution is 2.30. The Labute approximate surface area is 223 Å². The van der Waals surface area contributed by atoms with E-state index in [9.17, 15) is 23.2 Å². The lowest BCUT2D eigenvalue weighted by molar-refractivity contribution is -0.129. The van der Waals surface area contributed by atoms with Gasteiger partial charge >= 0.3 is 6.09 Å². The van der Waals surface area contributed by atoms with Crippen molar-refractivity contribution in [2.75, 3.05) is 25.0 Å². The van der Waals surface area contributed by atoms with E-state index < -0.39 is 23.1 Å². The second kappa shape index (κ2) is 13.3. The number of pyridine rings is 1. The molecule has 0 aliphatic heterocycles. The van der Waals surface area contributed by atoms with Crippen molar-refractivity contribution in [1.29, 1.82) is 0 Å². The van der Waals surface area contributed by atoms with Gasteiger partial charge in [-0.3, -0.25) is 14.9 Å². The highest BCUT2D eigenvalue weighted by Gasteiger charge is 2.32. The molecule has 4 N–H and O–H groups in total. The average Bonchev–Trinajstić information content (AvgIpc) is 2.88. The van der Waals surface area contributed by atoms with Crippen molar-refractivity contribution in [2.24, 2.45) is 11.1 Å². The fourth-order valence-electron chi connectivity index (χ4n) is 3.94. The first kappa shape index (κ1) is 28.9. The first-order chi connectivity index (χ1) is 18.1. The van der Waals surface area contributed by atoms with Crippen LogP contribution in [0.1, 0.15) is 31.7 Å². The van der Waals surface area contributed by atoms with Crippen LogP contribution in [0, 0.1) is 17.0 Å². The summed E-state index contributed by atoms with van der Waals surface area (Å²) in [6.45, 7) is 1.64. The minimum absolute atomic E-state index is 0.0257. The van der Waals surface area contributed by atoms with Crippen LogP contribution in [-0.4, -0.2) is 42.5 Å². The lowest BCUT2D eigenvalue weighted by Gasteiger charge is -2.28. The lowest BCUT2D eigenvalue weighted by Crippen LogP contribution is -2.37. The smallest absolute Gasteiger partial charge is 0.412 e. The summed E-state index contributed by atoms with van der Waals surface area (Å²) in [5, 5.41) is 6.38. The van der Waals surface area contributed by atoms with Crippen molar-refractivity contribution in [3.63, 3.8) is 0 Å².